The molecule has 1 fully saturated rings. The third-order valence-electron chi connectivity index (χ3n) is 2.66. The summed E-state index contributed by atoms with van der Waals surface area (Å²) in [6.45, 7) is -0.149. The van der Waals surface area contributed by atoms with E-state index >= 15 is 0 Å². The second kappa shape index (κ2) is 4.12. The second-order valence-electron chi connectivity index (χ2n) is 3.82. The van der Waals surface area contributed by atoms with E-state index in [0.29, 0.717) is 6.07 Å². The molecule has 0 radical (unpaired) electrons. The van der Waals surface area contributed by atoms with Crippen molar-refractivity contribution in [2.75, 3.05) is 11.4 Å². The van der Waals surface area contributed by atoms with Gasteiger partial charge in [0.1, 0.15) is 11.6 Å². The van der Waals surface area contributed by atoms with Crippen molar-refractivity contribution in [3.05, 3.63) is 29.8 Å². The largest absolute Gasteiger partial charge is 0.550 e. The molecule has 0 spiro atoms. The van der Waals surface area contributed by atoms with Gasteiger partial charge in [0, 0.05) is 30.9 Å². The molecule has 1 amide bonds. The Morgan fingerprint density at radius 2 is 2.12 bits per heavy atom. The molecular weight excluding hydrogens is 232 g/mol. The van der Waals surface area contributed by atoms with Gasteiger partial charge in [0.15, 0.2) is 0 Å². The first kappa shape index (κ1) is 11.5. The lowest BCUT2D eigenvalue weighted by Gasteiger charge is -2.17. The van der Waals surface area contributed by atoms with Crippen LogP contribution in [0.1, 0.15) is 6.42 Å². The second-order valence-corrected chi connectivity index (χ2v) is 3.82. The van der Waals surface area contributed by atoms with Crippen molar-refractivity contribution >= 4 is 17.6 Å². The Labute approximate surface area is 95.5 Å². The molecule has 1 aliphatic heterocycles. The molecule has 0 unspecified atom stereocenters. The van der Waals surface area contributed by atoms with Crippen molar-refractivity contribution < 1.29 is 23.5 Å². The summed E-state index contributed by atoms with van der Waals surface area (Å²) in [5.41, 5.74) is -0.111. The fourth-order valence-electron chi connectivity index (χ4n) is 1.80. The van der Waals surface area contributed by atoms with Gasteiger partial charge in [-0.25, -0.2) is 8.78 Å². The van der Waals surface area contributed by atoms with Crippen LogP contribution in [0.5, 0.6) is 0 Å². The average molecular weight is 240 g/mol. The van der Waals surface area contributed by atoms with Gasteiger partial charge >= 0.3 is 0 Å². The molecule has 2 rings (SSSR count). The third kappa shape index (κ3) is 2.11. The highest BCUT2D eigenvalue weighted by molar-refractivity contribution is 5.99. The van der Waals surface area contributed by atoms with Gasteiger partial charge in [-0.05, 0) is 12.1 Å². The molecule has 4 nitrogen and oxygen atoms in total. The standard InChI is InChI=1S/C11H9F2NO3/c12-7-1-2-9(8(13)4-7)14-5-6(11(16)17)3-10(14)15/h1-2,4,6H,3,5H2,(H,16,17)/p-1/t6-/m0/s1. The number of aliphatic carboxylic acids is 1. The zero-order chi connectivity index (χ0) is 12.6. The predicted molar refractivity (Wildman–Crippen MR) is 51.8 cm³/mol. The quantitative estimate of drug-likeness (QED) is 0.734. The molecule has 0 saturated carbocycles. The van der Waals surface area contributed by atoms with E-state index in [-0.39, 0.29) is 18.7 Å². The van der Waals surface area contributed by atoms with E-state index in [1.807, 2.05) is 0 Å². The predicted octanol–water partition coefficient (Wildman–Crippen LogP) is 0.0676. The zero-order valence-corrected chi connectivity index (χ0v) is 8.65. The van der Waals surface area contributed by atoms with Gasteiger partial charge in [0.05, 0.1) is 5.69 Å². The number of carbonyl (C=O) groups excluding carboxylic acids is 2. The van der Waals surface area contributed by atoms with Gasteiger partial charge in [-0.15, -0.1) is 0 Å². The Bertz CT molecular complexity index is 490. The highest BCUT2D eigenvalue weighted by Crippen LogP contribution is 2.27. The van der Waals surface area contributed by atoms with Crippen LogP contribution in [-0.2, 0) is 9.59 Å². The van der Waals surface area contributed by atoms with Crippen LogP contribution in [-0.4, -0.2) is 18.4 Å². The molecule has 0 aliphatic carbocycles. The highest BCUT2D eigenvalue weighted by Gasteiger charge is 2.32. The molecule has 1 aromatic rings. The normalized spacial score (nSPS) is 19.8. The van der Waals surface area contributed by atoms with Crippen LogP contribution in [0, 0.1) is 17.6 Å². The van der Waals surface area contributed by atoms with Gasteiger partial charge in [-0.3, -0.25) is 4.79 Å². The van der Waals surface area contributed by atoms with Gasteiger partial charge < -0.3 is 14.8 Å². The summed E-state index contributed by atoms with van der Waals surface area (Å²) in [5, 5.41) is 10.6. The minimum atomic E-state index is -1.34. The monoisotopic (exact) mass is 240 g/mol. The van der Waals surface area contributed by atoms with Crippen LogP contribution in [0.4, 0.5) is 14.5 Å². The molecule has 1 aliphatic rings. The van der Waals surface area contributed by atoms with E-state index in [2.05, 4.69) is 0 Å². The van der Waals surface area contributed by atoms with Crippen molar-refractivity contribution in [3.8, 4) is 0 Å². The number of rotatable bonds is 2. The number of carboxylic acid groups (broad SMARTS) is 1. The first-order valence-corrected chi connectivity index (χ1v) is 4.95. The highest BCUT2D eigenvalue weighted by atomic mass is 19.1. The minimum absolute atomic E-state index is 0.111. The summed E-state index contributed by atoms with van der Waals surface area (Å²) in [5.74, 6) is -4.45. The van der Waals surface area contributed by atoms with E-state index in [9.17, 15) is 23.5 Å². The summed E-state index contributed by atoms with van der Waals surface area (Å²) in [7, 11) is 0. The fourth-order valence-corrected chi connectivity index (χ4v) is 1.80. The molecule has 1 atom stereocenters. The van der Waals surface area contributed by atoms with Gasteiger partial charge in [0.2, 0.25) is 5.91 Å². The van der Waals surface area contributed by atoms with E-state index in [1.54, 1.807) is 0 Å². The van der Waals surface area contributed by atoms with Crippen molar-refractivity contribution in [1.82, 2.24) is 0 Å². The third-order valence-corrected chi connectivity index (χ3v) is 2.66. The number of benzene rings is 1. The van der Waals surface area contributed by atoms with Gasteiger partial charge in [-0.2, -0.15) is 0 Å². The van der Waals surface area contributed by atoms with Crippen molar-refractivity contribution in [2.45, 2.75) is 6.42 Å². The molecule has 1 saturated heterocycles. The zero-order valence-electron chi connectivity index (χ0n) is 8.65. The first-order chi connectivity index (χ1) is 7.99. The van der Waals surface area contributed by atoms with Crippen LogP contribution in [0.2, 0.25) is 0 Å². The summed E-state index contributed by atoms with van der Waals surface area (Å²) >= 11 is 0. The van der Waals surface area contributed by atoms with Crippen molar-refractivity contribution in [1.29, 1.82) is 0 Å². The minimum Gasteiger partial charge on any atom is -0.550 e. The molecule has 90 valence electrons. The fraction of sp³-hybridized carbons (Fsp3) is 0.273. The lowest BCUT2D eigenvalue weighted by molar-refractivity contribution is -0.310. The SMILES string of the molecule is O=C([O-])[C@H]1CC(=O)N(c2ccc(F)cc2F)C1. The Morgan fingerprint density at radius 3 is 2.65 bits per heavy atom. The number of carboxylic acids is 1. The number of anilines is 1. The van der Waals surface area contributed by atoms with Gasteiger partial charge in [0.25, 0.3) is 0 Å². The molecule has 17 heavy (non-hydrogen) atoms. The van der Waals surface area contributed by atoms with E-state index < -0.39 is 29.4 Å². The Morgan fingerprint density at radius 1 is 1.41 bits per heavy atom. The molecule has 1 aromatic carbocycles. The van der Waals surface area contributed by atoms with Crippen molar-refractivity contribution in [3.63, 3.8) is 0 Å². The number of hydrogen-bond acceptors (Lipinski definition) is 3. The number of hydrogen-bond donors (Lipinski definition) is 0. The number of carbonyl (C=O) groups is 2. The maximum Gasteiger partial charge on any atom is 0.227 e. The van der Waals surface area contributed by atoms with Crippen LogP contribution >= 0.6 is 0 Å². The van der Waals surface area contributed by atoms with Crippen LogP contribution in [0.25, 0.3) is 0 Å². The summed E-state index contributed by atoms with van der Waals surface area (Å²) in [4.78, 5) is 23.1. The van der Waals surface area contributed by atoms with Crippen molar-refractivity contribution in [2.24, 2.45) is 5.92 Å². The van der Waals surface area contributed by atoms with E-state index in [0.717, 1.165) is 17.0 Å². The summed E-state index contributed by atoms with van der Waals surface area (Å²) in [6.07, 6.45) is -0.223. The maximum atomic E-state index is 13.4. The van der Waals surface area contributed by atoms with Crippen LogP contribution in [0.3, 0.4) is 0 Å². The average Bonchev–Trinajstić information content (AvgIpc) is 2.61. The topological polar surface area (TPSA) is 60.4 Å². The molecule has 6 heteroatoms. The summed E-state index contributed by atoms with van der Waals surface area (Å²) in [6, 6.07) is 2.77. The van der Waals surface area contributed by atoms with Crippen LogP contribution < -0.4 is 10.0 Å². The molecule has 1 heterocycles. The molecular formula is C11H8F2NO3-. The lowest BCUT2D eigenvalue weighted by Crippen LogP contribution is -2.33. The number of nitrogens with zero attached hydrogens (tertiary/aromatic N) is 1. The van der Waals surface area contributed by atoms with Gasteiger partial charge in [-0.1, -0.05) is 0 Å². The molecule has 0 bridgehead atoms. The summed E-state index contributed by atoms with van der Waals surface area (Å²) < 4.78 is 26.1. The molecule has 0 aromatic heterocycles. The number of halogens is 2. The molecule has 0 N–H and O–H groups in total. The van der Waals surface area contributed by atoms with E-state index in [1.165, 1.54) is 0 Å². The first-order valence-electron chi connectivity index (χ1n) is 4.95. The Balaban J connectivity index is 2.29. The smallest absolute Gasteiger partial charge is 0.227 e. The Kier molecular flexibility index (Phi) is 2.79. The maximum absolute atomic E-state index is 13.4. The lowest BCUT2D eigenvalue weighted by atomic mass is 10.1. The van der Waals surface area contributed by atoms with E-state index in [4.69, 9.17) is 0 Å². The Hall–Kier alpha value is -1.98. The number of amides is 1. The van der Waals surface area contributed by atoms with Crippen LogP contribution in [0.15, 0.2) is 18.2 Å².